The SMILES string of the molecule is Cc1cc(=O)[nH]c(-n2nc(C(C)(C)C)cc2NC(=O)Nc2ccc(C)c(C)c2)n1. The van der Waals surface area contributed by atoms with E-state index in [0.29, 0.717) is 17.2 Å². The second kappa shape index (κ2) is 7.54. The number of aromatic nitrogens is 4. The van der Waals surface area contributed by atoms with Crippen LogP contribution >= 0.6 is 0 Å². The second-order valence-electron chi connectivity index (χ2n) is 8.17. The third-order valence-electron chi connectivity index (χ3n) is 4.54. The number of hydrogen-bond donors (Lipinski definition) is 3. The van der Waals surface area contributed by atoms with Crippen LogP contribution in [0, 0.1) is 20.8 Å². The third-order valence-corrected chi connectivity index (χ3v) is 4.54. The van der Waals surface area contributed by atoms with Gasteiger partial charge in [-0.1, -0.05) is 26.8 Å². The van der Waals surface area contributed by atoms with Crippen molar-refractivity contribution in [3.63, 3.8) is 0 Å². The molecule has 2 aromatic heterocycles. The largest absolute Gasteiger partial charge is 0.324 e. The highest BCUT2D eigenvalue weighted by Gasteiger charge is 2.22. The van der Waals surface area contributed by atoms with Gasteiger partial charge in [-0.15, -0.1) is 0 Å². The van der Waals surface area contributed by atoms with Gasteiger partial charge >= 0.3 is 6.03 Å². The fraction of sp³-hybridized carbons (Fsp3) is 0.333. The highest BCUT2D eigenvalue weighted by atomic mass is 16.2. The number of urea groups is 1. The molecule has 0 aliphatic rings. The number of nitrogens with one attached hydrogen (secondary N) is 3. The van der Waals surface area contributed by atoms with E-state index >= 15 is 0 Å². The monoisotopic (exact) mass is 394 g/mol. The number of amides is 2. The molecule has 8 nitrogen and oxygen atoms in total. The summed E-state index contributed by atoms with van der Waals surface area (Å²) in [7, 11) is 0. The van der Waals surface area contributed by atoms with E-state index in [-0.39, 0.29) is 16.9 Å². The Bertz CT molecular complexity index is 1120. The molecule has 2 heterocycles. The first-order chi connectivity index (χ1) is 13.5. The predicted molar refractivity (Wildman–Crippen MR) is 114 cm³/mol. The van der Waals surface area contributed by atoms with Crippen molar-refractivity contribution in [1.82, 2.24) is 19.7 Å². The molecule has 0 atom stereocenters. The van der Waals surface area contributed by atoms with E-state index in [4.69, 9.17) is 0 Å². The maximum absolute atomic E-state index is 12.6. The average Bonchev–Trinajstić information content (AvgIpc) is 3.01. The van der Waals surface area contributed by atoms with Crippen LogP contribution < -0.4 is 16.2 Å². The molecule has 0 fully saturated rings. The Balaban J connectivity index is 1.94. The van der Waals surface area contributed by atoms with Gasteiger partial charge in [0.25, 0.3) is 5.56 Å². The fourth-order valence-electron chi connectivity index (χ4n) is 2.76. The quantitative estimate of drug-likeness (QED) is 0.628. The van der Waals surface area contributed by atoms with E-state index < -0.39 is 6.03 Å². The Morgan fingerprint density at radius 1 is 1.03 bits per heavy atom. The van der Waals surface area contributed by atoms with Crippen molar-refractivity contribution in [3.8, 4) is 5.95 Å². The van der Waals surface area contributed by atoms with E-state index in [2.05, 4.69) is 25.7 Å². The molecular weight excluding hydrogens is 368 g/mol. The summed E-state index contributed by atoms with van der Waals surface area (Å²) in [5.74, 6) is 0.650. The zero-order chi connectivity index (χ0) is 21.3. The highest BCUT2D eigenvalue weighted by Crippen LogP contribution is 2.25. The summed E-state index contributed by atoms with van der Waals surface area (Å²) >= 11 is 0. The van der Waals surface area contributed by atoms with Crippen molar-refractivity contribution >= 4 is 17.5 Å². The molecule has 0 unspecified atom stereocenters. The highest BCUT2D eigenvalue weighted by molar-refractivity contribution is 5.99. The van der Waals surface area contributed by atoms with Crippen LogP contribution in [0.25, 0.3) is 5.95 Å². The number of aromatic amines is 1. The lowest BCUT2D eigenvalue weighted by Crippen LogP contribution is -2.22. The second-order valence-corrected chi connectivity index (χ2v) is 8.17. The normalized spacial score (nSPS) is 11.4. The molecular formula is C21H26N6O2. The Morgan fingerprint density at radius 3 is 2.38 bits per heavy atom. The van der Waals surface area contributed by atoms with Crippen LogP contribution in [0.15, 0.2) is 35.1 Å². The van der Waals surface area contributed by atoms with Gasteiger partial charge in [0, 0.05) is 28.9 Å². The van der Waals surface area contributed by atoms with Crippen molar-refractivity contribution in [2.24, 2.45) is 0 Å². The summed E-state index contributed by atoms with van der Waals surface area (Å²) in [5, 5.41) is 10.2. The van der Waals surface area contributed by atoms with Crippen LogP contribution in [-0.2, 0) is 5.41 Å². The van der Waals surface area contributed by atoms with E-state index in [1.807, 2.05) is 52.8 Å². The fourth-order valence-corrected chi connectivity index (χ4v) is 2.76. The first-order valence-electron chi connectivity index (χ1n) is 9.37. The number of rotatable bonds is 3. The molecule has 0 saturated heterocycles. The van der Waals surface area contributed by atoms with Crippen LogP contribution in [0.5, 0.6) is 0 Å². The van der Waals surface area contributed by atoms with E-state index in [9.17, 15) is 9.59 Å². The summed E-state index contributed by atoms with van der Waals surface area (Å²) < 4.78 is 1.44. The number of hydrogen-bond acceptors (Lipinski definition) is 4. The van der Waals surface area contributed by atoms with Crippen LogP contribution in [-0.4, -0.2) is 25.8 Å². The molecule has 29 heavy (non-hydrogen) atoms. The van der Waals surface area contributed by atoms with Gasteiger partial charge in [0.15, 0.2) is 0 Å². The van der Waals surface area contributed by atoms with Crippen LogP contribution in [0.1, 0.15) is 43.3 Å². The molecule has 3 N–H and O–H groups in total. The van der Waals surface area contributed by atoms with Gasteiger partial charge in [0.2, 0.25) is 5.95 Å². The van der Waals surface area contributed by atoms with E-state index in [1.54, 1.807) is 13.0 Å². The van der Waals surface area contributed by atoms with Crippen molar-refractivity contribution in [2.45, 2.75) is 47.0 Å². The number of carbonyl (C=O) groups is 1. The minimum atomic E-state index is -0.412. The first kappa shape index (κ1) is 20.3. The summed E-state index contributed by atoms with van der Waals surface area (Å²) in [6.45, 7) is 11.8. The molecule has 0 radical (unpaired) electrons. The predicted octanol–water partition coefficient (Wildman–Crippen LogP) is 3.82. The minimum absolute atomic E-state index is 0.243. The number of aryl methyl sites for hydroxylation is 3. The zero-order valence-corrected chi connectivity index (χ0v) is 17.5. The Morgan fingerprint density at radius 2 is 1.76 bits per heavy atom. The first-order valence-corrected chi connectivity index (χ1v) is 9.37. The zero-order valence-electron chi connectivity index (χ0n) is 17.5. The lowest BCUT2D eigenvalue weighted by atomic mass is 9.92. The topological polar surface area (TPSA) is 105 Å². The smallest absolute Gasteiger partial charge is 0.308 e. The Hall–Kier alpha value is -3.42. The lowest BCUT2D eigenvalue weighted by Gasteiger charge is -2.13. The molecule has 3 aromatic rings. The number of H-pyrrole nitrogens is 1. The van der Waals surface area contributed by atoms with Crippen LogP contribution in [0.4, 0.5) is 16.3 Å². The van der Waals surface area contributed by atoms with Gasteiger partial charge in [0.1, 0.15) is 5.82 Å². The van der Waals surface area contributed by atoms with Gasteiger partial charge in [-0.25, -0.2) is 9.78 Å². The maximum atomic E-state index is 12.6. The molecule has 0 aliphatic heterocycles. The van der Waals surface area contributed by atoms with Gasteiger partial charge in [-0.2, -0.15) is 9.78 Å². The lowest BCUT2D eigenvalue weighted by molar-refractivity contribution is 0.262. The van der Waals surface area contributed by atoms with Crippen molar-refractivity contribution in [2.75, 3.05) is 10.6 Å². The molecule has 8 heteroatoms. The van der Waals surface area contributed by atoms with Gasteiger partial charge in [-0.3, -0.25) is 15.1 Å². The molecule has 3 rings (SSSR count). The van der Waals surface area contributed by atoms with E-state index in [0.717, 1.165) is 16.8 Å². The Kier molecular flexibility index (Phi) is 5.28. The molecule has 2 amide bonds. The minimum Gasteiger partial charge on any atom is -0.308 e. The summed E-state index contributed by atoms with van der Waals surface area (Å²) in [4.78, 5) is 31.5. The average molecular weight is 394 g/mol. The van der Waals surface area contributed by atoms with E-state index in [1.165, 1.54) is 10.7 Å². The van der Waals surface area contributed by atoms with Crippen molar-refractivity contribution in [1.29, 1.82) is 0 Å². The molecule has 0 bridgehead atoms. The van der Waals surface area contributed by atoms with Crippen molar-refractivity contribution in [3.05, 3.63) is 63.2 Å². The molecule has 0 saturated carbocycles. The summed E-state index contributed by atoms with van der Waals surface area (Å²) in [5.41, 5.74) is 3.70. The number of anilines is 2. The van der Waals surface area contributed by atoms with Gasteiger partial charge in [0.05, 0.1) is 5.69 Å². The number of nitrogens with zero attached hydrogens (tertiary/aromatic N) is 3. The molecule has 0 spiro atoms. The van der Waals surface area contributed by atoms with Gasteiger partial charge in [-0.05, 0) is 44.0 Å². The van der Waals surface area contributed by atoms with Crippen molar-refractivity contribution < 1.29 is 4.79 Å². The summed E-state index contributed by atoms with van der Waals surface area (Å²) in [6, 6.07) is 8.48. The Labute approximate surface area is 169 Å². The number of carbonyl (C=O) groups excluding carboxylic acids is 1. The standard InChI is InChI=1S/C21H26N6O2/c1-12-7-8-15(9-13(12)2)23-20(29)24-17-11-16(21(4,5)6)26-27(17)19-22-14(3)10-18(28)25-19/h7-11H,1-6H3,(H,22,25,28)(H2,23,24,29). The molecule has 1 aromatic carbocycles. The maximum Gasteiger partial charge on any atom is 0.324 e. The summed E-state index contributed by atoms with van der Waals surface area (Å²) in [6.07, 6.45) is 0. The molecule has 0 aliphatic carbocycles. The third kappa shape index (κ3) is 4.71. The van der Waals surface area contributed by atoms with Crippen LogP contribution in [0.3, 0.4) is 0 Å². The van der Waals surface area contributed by atoms with Crippen LogP contribution in [0.2, 0.25) is 0 Å². The molecule has 152 valence electrons. The van der Waals surface area contributed by atoms with Gasteiger partial charge < -0.3 is 5.32 Å². The number of benzene rings is 1.